The van der Waals surface area contributed by atoms with Gasteiger partial charge in [-0.1, -0.05) is 30.3 Å². The number of rotatable bonds is 5. The Morgan fingerprint density at radius 3 is 2.50 bits per heavy atom. The van der Waals surface area contributed by atoms with Crippen LogP contribution in [0.5, 0.6) is 0 Å². The maximum Gasteiger partial charge on any atom is 0.123 e. The molecule has 2 aromatic rings. The summed E-state index contributed by atoms with van der Waals surface area (Å²) < 4.78 is 18.4. The minimum atomic E-state index is -0.304. The van der Waals surface area contributed by atoms with Crippen molar-refractivity contribution < 1.29 is 9.13 Å². The number of aryl methyl sites for hydroxylation is 1. The van der Waals surface area contributed by atoms with Crippen molar-refractivity contribution >= 4 is 0 Å². The van der Waals surface area contributed by atoms with Crippen LogP contribution in [-0.2, 0) is 11.2 Å². The maximum absolute atomic E-state index is 13.4. The zero-order chi connectivity index (χ0) is 14.5. The second-order valence-electron chi connectivity index (χ2n) is 4.96. The molecule has 2 nitrogen and oxygen atoms in total. The van der Waals surface area contributed by atoms with Gasteiger partial charge in [-0.15, -0.1) is 0 Å². The van der Waals surface area contributed by atoms with Crippen molar-refractivity contribution in [3.63, 3.8) is 0 Å². The summed E-state index contributed by atoms with van der Waals surface area (Å²) >= 11 is 0. The largest absolute Gasteiger partial charge is 0.384 e. The second kappa shape index (κ2) is 6.64. The molecule has 0 saturated carbocycles. The number of ether oxygens (including phenoxy) is 1. The first-order valence-electron chi connectivity index (χ1n) is 6.71. The van der Waals surface area contributed by atoms with Crippen molar-refractivity contribution in [2.24, 2.45) is 5.73 Å². The van der Waals surface area contributed by atoms with Gasteiger partial charge in [0, 0.05) is 7.11 Å². The highest BCUT2D eigenvalue weighted by Crippen LogP contribution is 2.23. The summed E-state index contributed by atoms with van der Waals surface area (Å²) in [5, 5.41) is 0. The molecule has 1 atom stereocenters. The molecule has 2 aromatic carbocycles. The van der Waals surface area contributed by atoms with Crippen LogP contribution in [0.1, 0.15) is 28.3 Å². The van der Waals surface area contributed by atoms with Crippen LogP contribution in [0, 0.1) is 12.7 Å². The first kappa shape index (κ1) is 14.7. The first-order valence-corrected chi connectivity index (χ1v) is 6.71. The Balaban J connectivity index is 2.20. The summed E-state index contributed by atoms with van der Waals surface area (Å²) in [6.07, 6.45) is 0.880. The molecule has 0 aliphatic heterocycles. The molecule has 106 valence electrons. The molecule has 2 N–H and O–H groups in total. The van der Waals surface area contributed by atoms with Crippen molar-refractivity contribution in [1.29, 1.82) is 0 Å². The van der Waals surface area contributed by atoms with E-state index in [4.69, 9.17) is 10.5 Å². The highest BCUT2D eigenvalue weighted by Gasteiger charge is 2.12. The highest BCUT2D eigenvalue weighted by molar-refractivity contribution is 5.37. The predicted octanol–water partition coefficient (Wildman–Crippen LogP) is 3.37. The van der Waals surface area contributed by atoms with Crippen LogP contribution in [0.3, 0.4) is 0 Å². The van der Waals surface area contributed by atoms with Gasteiger partial charge in [0.05, 0.1) is 12.6 Å². The SMILES string of the molecule is COCCc1ccc(C(N)c2cc(F)ccc2C)cc1. The van der Waals surface area contributed by atoms with Crippen molar-refractivity contribution in [3.05, 3.63) is 70.5 Å². The quantitative estimate of drug-likeness (QED) is 0.906. The summed E-state index contributed by atoms with van der Waals surface area (Å²) in [5.74, 6) is -0.252. The van der Waals surface area contributed by atoms with Crippen LogP contribution in [0.25, 0.3) is 0 Å². The van der Waals surface area contributed by atoms with Crippen molar-refractivity contribution in [2.75, 3.05) is 13.7 Å². The fourth-order valence-corrected chi connectivity index (χ4v) is 2.24. The third-order valence-electron chi connectivity index (χ3n) is 3.51. The van der Waals surface area contributed by atoms with Gasteiger partial charge < -0.3 is 10.5 Å². The van der Waals surface area contributed by atoms with Gasteiger partial charge in [-0.05, 0) is 47.7 Å². The Labute approximate surface area is 119 Å². The molecule has 0 aliphatic rings. The lowest BCUT2D eigenvalue weighted by Crippen LogP contribution is -2.13. The minimum absolute atomic E-state index is 0.252. The average Bonchev–Trinajstić information content (AvgIpc) is 2.47. The Morgan fingerprint density at radius 1 is 1.15 bits per heavy atom. The van der Waals surface area contributed by atoms with E-state index >= 15 is 0 Å². The Kier molecular flexibility index (Phi) is 4.88. The molecular weight excluding hydrogens is 253 g/mol. The van der Waals surface area contributed by atoms with Crippen LogP contribution in [0.2, 0.25) is 0 Å². The van der Waals surface area contributed by atoms with E-state index in [2.05, 4.69) is 0 Å². The van der Waals surface area contributed by atoms with Crippen LogP contribution < -0.4 is 5.73 Å². The Bertz CT molecular complexity index is 566. The number of hydrogen-bond donors (Lipinski definition) is 1. The van der Waals surface area contributed by atoms with E-state index in [1.54, 1.807) is 13.2 Å². The lowest BCUT2D eigenvalue weighted by Gasteiger charge is -2.16. The molecule has 0 radical (unpaired) electrons. The van der Waals surface area contributed by atoms with Gasteiger partial charge in [-0.2, -0.15) is 0 Å². The molecular formula is C17H20FNO. The third kappa shape index (κ3) is 3.44. The number of benzene rings is 2. The van der Waals surface area contributed by atoms with Gasteiger partial charge in [0.1, 0.15) is 5.82 Å². The second-order valence-corrected chi connectivity index (χ2v) is 4.96. The van der Waals surface area contributed by atoms with E-state index < -0.39 is 0 Å². The van der Waals surface area contributed by atoms with E-state index in [9.17, 15) is 4.39 Å². The third-order valence-corrected chi connectivity index (χ3v) is 3.51. The lowest BCUT2D eigenvalue weighted by molar-refractivity contribution is 0.202. The van der Waals surface area contributed by atoms with Gasteiger partial charge in [-0.3, -0.25) is 0 Å². The van der Waals surface area contributed by atoms with E-state index in [0.29, 0.717) is 6.61 Å². The summed E-state index contributed by atoms with van der Waals surface area (Å²) in [7, 11) is 1.69. The van der Waals surface area contributed by atoms with E-state index in [-0.39, 0.29) is 11.9 Å². The fraction of sp³-hybridized carbons (Fsp3) is 0.294. The molecule has 0 saturated heterocycles. The van der Waals surface area contributed by atoms with Gasteiger partial charge in [-0.25, -0.2) is 4.39 Å². The standard InChI is InChI=1S/C17H20FNO/c1-12-3-8-15(18)11-16(12)17(19)14-6-4-13(5-7-14)9-10-20-2/h3-8,11,17H,9-10,19H2,1-2H3. The highest BCUT2D eigenvalue weighted by atomic mass is 19.1. The van der Waals surface area contributed by atoms with Crippen LogP contribution in [0.4, 0.5) is 4.39 Å². The van der Waals surface area contributed by atoms with E-state index in [0.717, 1.165) is 23.1 Å². The molecule has 2 rings (SSSR count). The average molecular weight is 273 g/mol. The smallest absolute Gasteiger partial charge is 0.123 e. The maximum atomic E-state index is 13.4. The minimum Gasteiger partial charge on any atom is -0.384 e. The molecule has 20 heavy (non-hydrogen) atoms. The molecule has 0 heterocycles. The van der Waals surface area contributed by atoms with Crippen molar-refractivity contribution in [3.8, 4) is 0 Å². The molecule has 1 unspecified atom stereocenters. The van der Waals surface area contributed by atoms with E-state index in [1.807, 2.05) is 31.2 Å². The van der Waals surface area contributed by atoms with Gasteiger partial charge in [0.15, 0.2) is 0 Å². The van der Waals surface area contributed by atoms with Crippen molar-refractivity contribution in [1.82, 2.24) is 0 Å². The zero-order valence-electron chi connectivity index (χ0n) is 11.9. The normalized spacial score (nSPS) is 12.4. The number of hydrogen-bond acceptors (Lipinski definition) is 2. The molecule has 0 spiro atoms. The van der Waals surface area contributed by atoms with Crippen LogP contribution >= 0.6 is 0 Å². The fourth-order valence-electron chi connectivity index (χ4n) is 2.24. The Hall–Kier alpha value is -1.71. The lowest BCUT2D eigenvalue weighted by atomic mass is 9.95. The number of methoxy groups -OCH3 is 1. The van der Waals surface area contributed by atoms with Crippen LogP contribution in [-0.4, -0.2) is 13.7 Å². The van der Waals surface area contributed by atoms with Gasteiger partial charge >= 0.3 is 0 Å². The van der Waals surface area contributed by atoms with Gasteiger partial charge in [0.2, 0.25) is 0 Å². The molecule has 0 aliphatic carbocycles. The number of halogens is 1. The molecule has 0 fully saturated rings. The predicted molar refractivity (Wildman–Crippen MR) is 79.2 cm³/mol. The summed E-state index contributed by atoms with van der Waals surface area (Å²) in [6, 6.07) is 12.5. The Morgan fingerprint density at radius 2 is 1.85 bits per heavy atom. The molecule has 0 aromatic heterocycles. The zero-order valence-corrected chi connectivity index (χ0v) is 11.9. The summed E-state index contributed by atoms with van der Waals surface area (Å²) in [5.41, 5.74) is 10.3. The molecule has 3 heteroatoms. The summed E-state index contributed by atoms with van der Waals surface area (Å²) in [4.78, 5) is 0. The van der Waals surface area contributed by atoms with Crippen LogP contribution in [0.15, 0.2) is 42.5 Å². The molecule has 0 amide bonds. The van der Waals surface area contributed by atoms with Gasteiger partial charge in [0.25, 0.3) is 0 Å². The van der Waals surface area contributed by atoms with Crippen molar-refractivity contribution in [2.45, 2.75) is 19.4 Å². The van der Waals surface area contributed by atoms with E-state index in [1.165, 1.54) is 17.7 Å². The monoisotopic (exact) mass is 273 g/mol. The first-order chi connectivity index (χ1) is 9.61. The molecule has 0 bridgehead atoms. The topological polar surface area (TPSA) is 35.2 Å². The number of nitrogens with two attached hydrogens (primary N) is 1. The summed E-state index contributed by atoms with van der Waals surface area (Å²) in [6.45, 7) is 2.65.